The van der Waals surface area contributed by atoms with E-state index >= 15 is 0 Å². The largest absolute Gasteiger partial charge is 0.467 e. The average molecular weight is 401 g/mol. The number of hydrogen-bond donors (Lipinski definition) is 1. The molecule has 0 fully saturated rings. The van der Waals surface area contributed by atoms with E-state index in [4.69, 9.17) is 20.8 Å². The standard InChI is InChI=1S/C17H21ClN2O5S/c1-24-12-10-20(13-14-5-4-11-25-14)17(21)8-9-19-26(22,23)16-7-3-2-6-15(16)18/h2-7,11,19H,8-10,12-13H2,1H3. The fraction of sp³-hybridized carbons (Fsp3) is 0.353. The third-order valence-electron chi connectivity index (χ3n) is 3.60. The highest BCUT2D eigenvalue weighted by Gasteiger charge is 2.19. The lowest BCUT2D eigenvalue weighted by atomic mass is 10.3. The van der Waals surface area contributed by atoms with Crippen molar-refractivity contribution in [2.75, 3.05) is 26.8 Å². The second kappa shape index (κ2) is 9.72. The molecule has 0 aliphatic carbocycles. The number of halogens is 1. The molecule has 26 heavy (non-hydrogen) atoms. The lowest BCUT2D eigenvalue weighted by Crippen LogP contribution is -2.36. The number of carbonyl (C=O) groups is 1. The molecule has 9 heteroatoms. The Hall–Kier alpha value is -1.87. The summed E-state index contributed by atoms with van der Waals surface area (Å²) in [4.78, 5) is 14.0. The summed E-state index contributed by atoms with van der Waals surface area (Å²) < 4.78 is 37.2. The topological polar surface area (TPSA) is 88.8 Å². The number of benzene rings is 1. The molecule has 0 bridgehead atoms. The van der Waals surface area contributed by atoms with Crippen molar-refractivity contribution in [1.82, 2.24) is 9.62 Å². The second-order valence-electron chi connectivity index (χ2n) is 5.47. The highest BCUT2D eigenvalue weighted by atomic mass is 35.5. The van der Waals surface area contributed by atoms with Gasteiger partial charge in [-0.3, -0.25) is 4.79 Å². The predicted molar refractivity (Wildman–Crippen MR) is 97.3 cm³/mol. The quantitative estimate of drug-likeness (QED) is 0.660. The van der Waals surface area contributed by atoms with Gasteiger partial charge in [0.1, 0.15) is 10.7 Å². The van der Waals surface area contributed by atoms with Gasteiger partial charge in [0.25, 0.3) is 0 Å². The Morgan fingerprint density at radius 3 is 2.69 bits per heavy atom. The van der Waals surface area contributed by atoms with Crippen LogP contribution in [0.4, 0.5) is 0 Å². The Bertz CT molecular complexity index is 808. The Labute approximate surface area is 157 Å². The molecule has 0 aliphatic rings. The Morgan fingerprint density at radius 2 is 2.04 bits per heavy atom. The van der Waals surface area contributed by atoms with Crippen LogP contribution in [0.15, 0.2) is 52.0 Å². The molecular weight excluding hydrogens is 380 g/mol. The first-order valence-electron chi connectivity index (χ1n) is 7.97. The minimum atomic E-state index is -3.78. The average Bonchev–Trinajstić information content (AvgIpc) is 3.11. The van der Waals surface area contributed by atoms with Gasteiger partial charge in [-0.25, -0.2) is 13.1 Å². The number of rotatable bonds is 10. The first-order valence-corrected chi connectivity index (χ1v) is 9.83. The second-order valence-corrected chi connectivity index (χ2v) is 7.61. The van der Waals surface area contributed by atoms with Crippen LogP contribution in [0.1, 0.15) is 12.2 Å². The van der Waals surface area contributed by atoms with Gasteiger partial charge in [0.05, 0.1) is 24.4 Å². The third-order valence-corrected chi connectivity index (χ3v) is 5.56. The van der Waals surface area contributed by atoms with Gasteiger partial charge in [0.15, 0.2) is 0 Å². The van der Waals surface area contributed by atoms with Crippen molar-refractivity contribution in [2.45, 2.75) is 17.9 Å². The first kappa shape index (κ1) is 20.4. The smallest absolute Gasteiger partial charge is 0.242 e. The normalized spacial score (nSPS) is 11.5. The molecular formula is C17H21ClN2O5S. The van der Waals surface area contributed by atoms with Gasteiger partial charge < -0.3 is 14.1 Å². The van der Waals surface area contributed by atoms with Crippen LogP contribution in [0.5, 0.6) is 0 Å². The maximum absolute atomic E-state index is 12.4. The summed E-state index contributed by atoms with van der Waals surface area (Å²) in [6, 6.07) is 9.65. The molecule has 0 atom stereocenters. The number of carbonyl (C=O) groups excluding carboxylic acids is 1. The molecule has 1 N–H and O–H groups in total. The van der Waals surface area contributed by atoms with Gasteiger partial charge in [0.2, 0.25) is 15.9 Å². The van der Waals surface area contributed by atoms with Crippen molar-refractivity contribution in [3.63, 3.8) is 0 Å². The maximum atomic E-state index is 12.4. The summed E-state index contributed by atoms with van der Waals surface area (Å²) in [7, 11) is -2.23. The molecule has 142 valence electrons. The minimum absolute atomic E-state index is 0.00804. The maximum Gasteiger partial charge on any atom is 0.242 e. The van der Waals surface area contributed by atoms with Crippen LogP contribution < -0.4 is 4.72 Å². The van der Waals surface area contributed by atoms with Crippen molar-refractivity contribution in [2.24, 2.45) is 0 Å². The molecule has 0 unspecified atom stereocenters. The van der Waals surface area contributed by atoms with Crippen molar-refractivity contribution in [1.29, 1.82) is 0 Å². The summed E-state index contributed by atoms with van der Waals surface area (Å²) in [5, 5.41) is 0.130. The number of sulfonamides is 1. The van der Waals surface area contributed by atoms with Crippen LogP contribution in [0.3, 0.4) is 0 Å². The predicted octanol–water partition coefficient (Wildman–Crippen LogP) is 2.28. The van der Waals surface area contributed by atoms with E-state index in [0.717, 1.165) is 0 Å². The lowest BCUT2D eigenvalue weighted by molar-refractivity contribution is -0.132. The van der Waals surface area contributed by atoms with Gasteiger partial charge in [-0.05, 0) is 24.3 Å². The zero-order valence-electron chi connectivity index (χ0n) is 14.4. The van der Waals surface area contributed by atoms with Gasteiger partial charge in [-0.15, -0.1) is 0 Å². The minimum Gasteiger partial charge on any atom is -0.467 e. The SMILES string of the molecule is COCCN(Cc1ccco1)C(=O)CCNS(=O)(=O)c1ccccc1Cl. The molecule has 0 radical (unpaired) electrons. The van der Waals surface area contributed by atoms with Crippen molar-refractivity contribution < 1.29 is 22.4 Å². The number of amides is 1. The van der Waals surface area contributed by atoms with E-state index in [1.807, 2.05) is 0 Å². The van der Waals surface area contributed by atoms with Crippen LogP contribution in [0, 0.1) is 0 Å². The highest BCUT2D eigenvalue weighted by Crippen LogP contribution is 2.20. The van der Waals surface area contributed by atoms with E-state index < -0.39 is 10.0 Å². The molecule has 0 aliphatic heterocycles. The first-order chi connectivity index (χ1) is 12.4. The molecule has 1 aromatic heterocycles. The molecule has 0 saturated heterocycles. The van der Waals surface area contributed by atoms with Crippen molar-refractivity contribution in [3.8, 4) is 0 Å². The number of methoxy groups -OCH3 is 1. The van der Waals surface area contributed by atoms with Crippen LogP contribution in [0.25, 0.3) is 0 Å². The Kier molecular flexibility index (Phi) is 7.65. The summed E-state index contributed by atoms with van der Waals surface area (Å²) in [5.41, 5.74) is 0. The molecule has 0 saturated carbocycles. The summed E-state index contributed by atoms with van der Waals surface area (Å²) in [6.07, 6.45) is 1.54. The number of ether oxygens (including phenoxy) is 1. The summed E-state index contributed by atoms with van der Waals surface area (Å²) in [6.45, 7) is 1.02. The fourth-order valence-corrected chi connectivity index (χ4v) is 3.82. The summed E-state index contributed by atoms with van der Waals surface area (Å²) in [5.74, 6) is 0.436. The molecule has 0 spiro atoms. The summed E-state index contributed by atoms with van der Waals surface area (Å²) >= 11 is 5.92. The zero-order valence-corrected chi connectivity index (χ0v) is 15.9. The van der Waals surface area contributed by atoms with Crippen molar-refractivity contribution >= 4 is 27.5 Å². The zero-order chi connectivity index (χ0) is 19.0. The van der Waals surface area contributed by atoms with Crippen LogP contribution >= 0.6 is 11.6 Å². The van der Waals surface area contributed by atoms with Crippen molar-refractivity contribution in [3.05, 3.63) is 53.4 Å². The molecule has 1 heterocycles. The molecule has 7 nitrogen and oxygen atoms in total. The fourth-order valence-electron chi connectivity index (χ4n) is 2.27. The monoisotopic (exact) mass is 400 g/mol. The number of nitrogens with one attached hydrogen (secondary N) is 1. The molecule has 2 rings (SSSR count). The molecule has 1 amide bonds. The third kappa shape index (κ3) is 5.84. The lowest BCUT2D eigenvalue weighted by Gasteiger charge is -2.21. The molecule has 1 aromatic carbocycles. The van der Waals surface area contributed by atoms with Gasteiger partial charge in [-0.1, -0.05) is 23.7 Å². The Morgan fingerprint density at radius 1 is 1.27 bits per heavy atom. The van der Waals surface area contributed by atoms with E-state index in [1.54, 1.807) is 36.3 Å². The number of nitrogens with zero attached hydrogens (tertiary/aromatic N) is 1. The van der Waals surface area contributed by atoms with Crippen LogP contribution in [-0.2, 0) is 26.1 Å². The van der Waals surface area contributed by atoms with E-state index in [1.165, 1.54) is 18.4 Å². The molecule has 2 aromatic rings. The highest BCUT2D eigenvalue weighted by molar-refractivity contribution is 7.89. The van der Waals surface area contributed by atoms with Crippen LogP contribution in [-0.4, -0.2) is 46.0 Å². The number of furan rings is 1. The van der Waals surface area contributed by atoms with Gasteiger partial charge >= 0.3 is 0 Å². The van der Waals surface area contributed by atoms with E-state index in [-0.39, 0.29) is 28.8 Å². The van der Waals surface area contributed by atoms with E-state index in [2.05, 4.69) is 4.72 Å². The Balaban J connectivity index is 1.93. The van der Waals surface area contributed by atoms with Gasteiger partial charge in [-0.2, -0.15) is 0 Å². The van der Waals surface area contributed by atoms with Crippen LogP contribution in [0.2, 0.25) is 5.02 Å². The van der Waals surface area contributed by atoms with Gasteiger partial charge in [0, 0.05) is 26.6 Å². The van der Waals surface area contributed by atoms with E-state index in [9.17, 15) is 13.2 Å². The van der Waals surface area contributed by atoms with E-state index in [0.29, 0.717) is 25.5 Å². The number of hydrogen-bond acceptors (Lipinski definition) is 5.